The zero-order valence-electron chi connectivity index (χ0n) is 8.98. The molecule has 10 heteroatoms. The number of halogens is 3. The van der Waals surface area contributed by atoms with Crippen LogP contribution in [-0.2, 0) is 17.1 Å². The minimum absolute atomic E-state index is 0.00673. The van der Waals surface area contributed by atoms with Crippen molar-refractivity contribution in [2.45, 2.75) is 5.03 Å². The Bertz CT molecular complexity index is 453. The molecule has 1 heterocycles. The second kappa shape index (κ2) is 6.33. The summed E-state index contributed by atoms with van der Waals surface area (Å²) in [5, 5.41) is 7.27. The Morgan fingerprint density at radius 2 is 1.88 bits per heavy atom. The second-order valence-electron chi connectivity index (χ2n) is 3.09. The molecule has 0 saturated carbocycles. The average molecular weight is 366 g/mol. The van der Waals surface area contributed by atoms with Crippen molar-refractivity contribution in [3.8, 4) is 0 Å². The molecule has 6 nitrogen and oxygen atoms in total. The topological polar surface area (TPSA) is 68.1 Å². The molecule has 17 heavy (non-hydrogen) atoms. The number of aryl methyl sites for hydroxylation is 1. The Morgan fingerprint density at radius 3 is 2.24 bits per heavy atom. The summed E-state index contributed by atoms with van der Waals surface area (Å²) in [5.74, 6) is 0.387. The van der Waals surface area contributed by atoms with Gasteiger partial charge in [-0.1, -0.05) is 5.21 Å². The molecule has 0 saturated heterocycles. The van der Waals surface area contributed by atoms with Gasteiger partial charge in [-0.3, -0.25) is 0 Å². The summed E-state index contributed by atoms with van der Waals surface area (Å²) < 4.78 is 27.2. The van der Waals surface area contributed by atoms with Gasteiger partial charge in [0.15, 0.2) is 4.60 Å². The van der Waals surface area contributed by atoms with Crippen molar-refractivity contribution >= 4 is 49.2 Å². The van der Waals surface area contributed by atoms with Crippen LogP contribution in [-0.4, -0.2) is 52.6 Å². The van der Waals surface area contributed by atoms with Crippen molar-refractivity contribution in [3.63, 3.8) is 0 Å². The number of hydrogen-bond acceptors (Lipinski definition) is 4. The highest BCUT2D eigenvalue weighted by molar-refractivity contribution is 9.10. The molecule has 0 radical (unpaired) electrons. The molecule has 0 atom stereocenters. The number of hydrogen-bond donors (Lipinski definition) is 0. The summed E-state index contributed by atoms with van der Waals surface area (Å²) in [4.78, 5) is 0. The Kier molecular flexibility index (Phi) is 5.65. The van der Waals surface area contributed by atoms with Crippen LogP contribution in [0.3, 0.4) is 0 Å². The molecule has 0 aromatic carbocycles. The first-order valence-electron chi connectivity index (χ1n) is 4.62. The van der Waals surface area contributed by atoms with Gasteiger partial charge < -0.3 is 0 Å². The lowest BCUT2D eigenvalue weighted by Crippen LogP contribution is -2.35. The van der Waals surface area contributed by atoms with E-state index in [2.05, 4.69) is 26.2 Å². The Labute approximate surface area is 118 Å². The van der Waals surface area contributed by atoms with E-state index in [1.54, 1.807) is 0 Å². The highest BCUT2D eigenvalue weighted by Gasteiger charge is 2.30. The molecule has 1 rings (SSSR count). The summed E-state index contributed by atoms with van der Waals surface area (Å²) in [6, 6.07) is 0. The van der Waals surface area contributed by atoms with E-state index in [1.807, 2.05) is 0 Å². The zero-order chi connectivity index (χ0) is 13.1. The van der Waals surface area contributed by atoms with Crippen LogP contribution in [0.4, 0.5) is 0 Å². The van der Waals surface area contributed by atoms with Gasteiger partial charge >= 0.3 is 0 Å². The molecule has 0 N–H and O–H groups in total. The lowest BCUT2D eigenvalue weighted by molar-refractivity contribution is 0.440. The second-order valence-corrected chi connectivity index (χ2v) is 6.45. The van der Waals surface area contributed by atoms with Gasteiger partial charge in [-0.15, -0.1) is 28.3 Å². The van der Waals surface area contributed by atoms with Gasteiger partial charge in [-0.25, -0.2) is 13.1 Å². The third kappa shape index (κ3) is 3.31. The molecule has 0 fully saturated rings. The summed E-state index contributed by atoms with van der Waals surface area (Å²) in [7, 11) is -2.18. The standard InChI is InChI=1S/C7H11BrCl2N4O2S/c1-13-7(6(8)11-12-13)17(15,16)14(4-2-9)5-3-10/h2-5H2,1H3. The molecule has 0 unspecified atom stereocenters. The summed E-state index contributed by atoms with van der Waals surface area (Å²) in [6.07, 6.45) is 0. The average Bonchev–Trinajstić information content (AvgIpc) is 2.58. The minimum atomic E-state index is -3.69. The SMILES string of the molecule is Cn1nnc(Br)c1S(=O)(=O)N(CCCl)CCCl. The van der Waals surface area contributed by atoms with E-state index in [9.17, 15) is 8.42 Å². The highest BCUT2D eigenvalue weighted by Crippen LogP contribution is 2.22. The largest absolute Gasteiger partial charge is 0.263 e. The Morgan fingerprint density at radius 1 is 1.35 bits per heavy atom. The van der Waals surface area contributed by atoms with Crippen molar-refractivity contribution < 1.29 is 8.42 Å². The van der Waals surface area contributed by atoms with E-state index in [1.165, 1.54) is 16.0 Å². The Balaban J connectivity index is 3.16. The van der Waals surface area contributed by atoms with Gasteiger partial charge in [0.1, 0.15) is 0 Å². The predicted octanol–water partition coefficient (Wildman–Crippen LogP) is 1.05. The van der Waals surface area contributed by atoms with Crippen molar-refractivity contribution in [1.82, 2.24) is 19.3 Å². The first-order chi connectivity index (χ1) is 7.95. The van der Waals surface area contributed by atoms with E-state index in [0.717, 1.165) is 0 Å². The quantitative estimate of drug-likeness (QED) is 0.706. The Hall–Kier alpha value is 0.110. The van der Waals surface area contributed by atoms with Crippen LogP contribution >= 0.6 is 39.1 Å². The van der Waals surface area contributed by atoms with Crippen molar-refractivity contribution in [2.75, 3.05) is 24.8 Å². The zero-order valence-corrected chi connectivity index (χ0v) is 12.9. The molecule has 0 amide bonds. The van der Waals surface area contributed by atoms with Crippen LogP contribution in [0.15, 0.2) is 9.63 Å². The molecule has 1 aromatic rings. The molecule has 0 aliphatic carbocycles. The van der Waals surface area contributed by atoms with Crippen LogP contribution < -0.4 is 0 Å². The van der Waals surface area contributed by atoms with Crippen LogP contribution in [0.5, 0.6) is 0 Å². The van der Waals surface area contributed by atoms with Gasteiger partial charge in [0.2, 0.25) is 5.03 Å². The molecular weight excluding hydrogens is 355 g/mol. The summed E-state index contributed by atoms with van der Waals surface area (Å²) in [6.45, 7) is 0.377. The minimum Gasteiger partial charge on any atom is -0.235 e. The lowest BCUT2D eigenvalue weighted by Gasteiger charge is -2.19. The smallest absolute Gasteiger partial charge is 0.235 e. The number of sulfonamides is 1. The first kappa shape index (κ1) is 15.2. The van der Waals surface area contributed by atoms with E-state index >= 15 is 0 Å². The molecule has 98 valence electrons. The van der Waals surface area contributed by atoms with E-state index < -0.39 is 10.0 Å². The lowest BCUT2D eigenvalue weighted by atomic mass is 10.6. The fourth-order valence-electron chi connectivity index (χ4n) is 1.26. The van der Waals surface area contributed by atoms with Gasteiger partial charge in [-0.2, -0.15) is 4.31 Å². The van der Waals surface area contributed by atoms with Crippen LogP contribution in [0.1, 0.15) is 0 Å². The van der Waals surface area contributed by atoms with Gasteiger partial charge in [0.05, 0.1) is 0 Å². The van der Waals surface area contributed by atoms with Crippen molar-refractivity contribution in [3.05, 3.63) is 4.60 Å². The van der Waals surface area contributed by atoms with Crippen molar-refractivity contribution in [1.29, 1.82) is 0 Å². The monoisotopic (exact) mass is 364 g/mol. The van der Waals surface area contributed by atoms with E-state index in [0.29, 0.717) is 0 Å². The maximum atomic E-state index is 12.3. The summed E-state index contributed by atoms with van der Waals surface area (Å²) >= 11 is 14.2. The highest BCUT2D eigenvalue weighted by atomic mass is 79.9. The first-order valence-corrected chi connectivity index (χ1v) is 7.92. The fraction of sp³-hybridized carbons (Fsp3) is 0.714. The third-order valence-electron chi connectivity index (χ3n) is 1.99. The van der Waals surface area contributed by atoms with Crippen molar-refractivity contribution in [2.24, 2.45) is 7.05 Å². The van der Waals surface area contributed by atoms with E-state index in [4.69, 9.17) is 23.2 Å². The summed E-state index contributed by atoms with van der Waals surface area (Å²) in [5.41, 5.74) is 0. The normalized spacial score (nSPS) is 12.3. The fourth-order valence-corrected chi connectivity index (χ4v) is 4.34. The van der Waals surface area contributed by atoms with Gasteiger partial charge in [0.25, 0.3) is 10.0 Å². The molecule has 0 bridgehead atoms. The molecule has 1 aromatic heterocycles. The van der Waals surface area contributed by atoms with Gasteiger partial charge in [-0.05, 0) is 15.9 Å². The molecule has 0 aliphatic heterocycles. The number of aromatic nitrogens is 3. The number of rotatable bonds is 6. The molecular formula is C7H11BrCl2N4O2S. The predicted molar refractivity (Wildman–Crippen MR) is 68.9 cm³/mol. The van der Waals surface area contributed by atoms with Crippen LogP contribution in [0.25, 0.3) is 0 Å². The maximum absolute atomic E-state index is 12.3. The number of alkyl halides is 2. The molecule has 0 aliphatic rings. The van der Waals surface area contributed by atoms with E-state index in [-0.39, 0.29) is 34.5 Å². The molecule has 0 spiro atoms. The third-order valence-corrected chi connectivity index (χ3v) is 5.12. The van der Waals surface area contributed by atoms with Gasteiger partial charge in [0, 0.05) is 31.9 Å². The maximum Gasteiger partial charge on any atom is 0.263 e. The number of nitrogens with zero attached hydrogens (tertiary/aromatic N) is 4. The van der Waals surface area contributed by atoms with Crippen LogP contribution in [0.2, 0.25) is 0 Å². The van der Waals surface area contributed by atoms with Crippen LogP contribution in [0, 0.1) is 0 Å².